The van der Waals surface area contributed by atoms with Crippen molar-refractivity contribution in [2.24, 2.45) is 11.1 Å². The van der Waals surface area contributed by atoms with Gasteiger partial charge in [0, 0.05) is 24.3 Å². The van der Waals surface area contributed by atoms with Crippen molar-refractivity contribution in [1.82, 2.24) is 14.5 Å². The van der Waals surface area contributed by atoms with Gasteiger partial charge in [0.05, 0.1) is 17.6 Å². The molecule has 0 bridgehead atoms. The molecule has 1 aromatic heterocycles. The van der Waals surface area contributed by atoms with Gasteiger partial charge in [0.15, 0.2) is 0 Å². The minimum absolute atomic E-state index is 0.0268. The molecule has 0 saturated heterocycles. The van der Waals surface area contributed by atoms with E-state index in [1.54, 1.807) is 23.1 Å². The zero-order valence-electron chi connectivity index (χ0n) is 18.7. The Hall–Kier alpha value is -2.97. The van der Waals surface area contributed by atoms with Crippen LogP contribution in [0.3, 0.4) is 0 Å². The molecular weight excluding hydrogens is 448 g/mol. The number of nitrogens with one attached hydrogen (secondary N) is 1. The Balaban J connectivity index is 1.72. The number of anilines is 2. The third-order valence-electron chi connectivity index (χ3n) is 5.78. The number of fused-ring (bicyclic) bond motifs is 1. The molecule has 0 saturated carbocycles. The first-order valence-corrected chi connectivity index (χ1v) is 11.0. The Labute approximate surface area is 196 Å². The molecule has 3 aromatic rings. The predicted octanol–water partition coefficient (Wildman–Crippen LogP) is 4.94. The summed E-state index contributed by atoms with van der Waals surface area (Å²) < 4.78 is 29.5. The van der Waals surface area contributed by atoms with Gasteiger partial charge in [-0.05, 0) is 47.9 Å². The van der Waals surface area contributed by atoms with Crippen molar-refractivity contribution in [3.63, 3.8) is 0 Å². The Kier molecular flexibility index (Phi) is 6.16. The molecular formula is C24H26ClF2N5O. The zero-order chi connectivity index (χ0) is 23.9. The Morgan fingerprint density at radius 3 is 2.48 bits per heavy atom. The van der Waals surface area contributed by atoms with E-state index in [2.05, 4.69) is 5.32 Å². The third kappa shape index (κ3) is 4.72. The Morgan fingerprint density at radius 2 is 1.85 bits per heavy atom. The molecule has 3 N–H and O–H groups in total. The number of nitrogens with zero attached hydrogens (tertiary/aromatic N) is 3. The van der Waals surface area contributed by atoms with E-state index >= 15 is 0 Å². The van der Waals surface area contributed by atoms with Crippen LogP contribution in [-0.2, 0) is 17.9 Å². The summed E-state index contributed by atoms with van der Waals surface area (Å²) in [7, 11) is 0. The van der Waals surface area contributed by atoms with Crippen molar-refractivity contribution >= 4 is 29.0 Å². The molecule has 33 heavy (non-hydrogen) atoms. The molecule has 1 atom stereocenters. The summed E-state index contributed by atoms with van der Waals surface area (Å²) in [5.41, 5.74) is 7.60. The third-order valence-corrected chi connectivity index (χ3v) is 6.09. The van der Waals surface area contributed by atoms with Crippen LogP contribution in [0.25, 0.3) is 11.3 Å². The number of hydrogen-bond acceptors (Lipinski definition) is 4. The fraction of sp³-hybridized carbons (Fsp3) is 0.333. The first-order chi connectivity index (χ1) is 15.5. The van der Waals surface area contributed by atoms with Crippen molar-refractivity contribution in [3.8, 4) is 11.3 Å². The highest BCUT2D eigenvalue weighted by molar-refractivity contribution is 6.30. The number of benzene rings is 2. The number of carbonyl (C=O) groups excluding carboxylic acids is 1. The van der Waals surface area contributed by atoms with Gasteiger partial charge in [-0.2, -0.15) is 0 Å². The molecule has 1 amide bonds. The van der Waals surface area contributed by atoms with E-state index in [0.29, 0.717) is 41.7 Å². The lowest BCUT2D eigenvalue weighted by atomic mass is 9.86. The van der Waals surface area contributed by atoms with Crippen LogP contribution in [0.15, 0.2) is 42.5 Å². The lowest BCUT2D eigenvalue weighted by Crippen LogP contribution is -2.52. The summed E-state index contributed by atoms with van der Waals surface area (Å²) in [5, 5.41) is 3.26. The summed E-state index contributed by atoms with van der Waals surface area (Å²) >= 11 is 5.82. The van der Waals surface area contributed by atoms with Gasteiger partial charge in [-0.15, -0.1) is 0 Å². The maximum atomic E-state index is 14.0. The summed E-state index contributed by atoms with van der Waals surface area (Å²) in [6, 6.07) is 9.79. The highest BCUT2D eigenvalue weighted by atomic mass is 35.5. The summed E-state index contributed by atoms with van der Waals surface area (Å²) in [5.74, 6) is 0.258. The number of aromatic nitrogens is 2. The second-order valence-electron chi connectivity index (χ2n) is 9.24. The first kappa shape index (κ1) is 23.2. The number of nitrogens with two attached hydrogens (primary N) is 1. The van der Waals surface area contributed by atoms with Crippen LogP contribution in [0.1, 0.15) is 26.6 Å². The van der Waals surface area contributed by atoms with Gasteiger partial charge in [0.25, 0.3) is 0 Å². The van der Waals surface area contributed by atoms with Gasteiger partial charge in [0.2, 0.25) is 5.91 Å². The molecule has 1 aliphatic heterocycles. The second kappa shape index (κ2) is 8.76. The minimum atomic E-state index is -0.634. The lowest BCUT2D eigenvalue weighted by molar-refractivity contribution is -0.136. The summed E-state index contributed by atoms with van der Waals surface area (Å²) in [6.07, 6.45) is 0. The number of hydrogen-bond donors (Lipinski definition) is 2. The number of rotatable bonds is 4. The number of imidazole rings is 1. The Bertz CT molecular complexity index is 1190. The summed E-state index contributed by atoms with van der Waals surface area (Å²) in [4.78, 5) is 19.4. The van der Waals surface area contributed by atoms with E-state index in [4.69, 9.17) is 22.3 Å². The molecule has 0 radical (unpaired) electrons. The molecule has 0 spiro atoms. The van der Waals surface area contributed by atoms with E-state index in [1.165, 1.54) is 24.3 Å². The van der Waals surface area contributed by atoms with E-state index < -0.39 is 11.9 Å². The highest BCUT2D eigenvalue weighted by Crippen LogP contribution is 2.34. The lowest BCUT2D eigenvalue weighted by Gasteiger charge is -2.34. The van der Waals surface area contributed by atoms with Gasteiger partial charge in [-0.3, -0.25) is 4.79 Å². The monoisotopic (exact) mass is 473 g/mol. The second-order valence-corrected chi connectivity index (χ2v) is 9.65. The van der Waals surface area contributed by atoms with Gasteiger partial charge in [-0.1, -0.05) is 32.4 Å². The fourth-order valence-electron chi connectivity index (χ4n) is 3.73. The van der Waals surface area contributed by atoms with Gasteiger partial charge >= 0.3 is 0 Å². The van der Waals surface area contributed by atoms with Crippen LogP contribution in [0, 0.1) is 17.0 Å². The van der Waals surface area contributed by atoms with Gasteiger partial charge < -0.3 is 20.5 Å². The van der Waals surface area contributed by atoms with Gasteiger partial charge in [-0.25, -0.2) is 13.8 Å². The van der Waals surface area contributed by atoms with E-state index in [1.807, 2.05) is 25.3 Å². The molecule has 1 aliphatic rings. The maximum Gasteiger partial charge on any atom is 0.240 e. The standard InChI is InChI=1S/C24H26ClF2N5O/c1-24(2,3)21(28)23(33)31-10-11-32-19(13-31)30-20(14-4-6-15(26)7-5-14)22(32)29-16-8-9-17(25)18(27)12-16/h4-9,12,21,29H,10-11,13,28H2,1-3H3/t21-/m1/s1. The van der Waals surface area contributed by atoms with Crippen molar-refractivity contribution in [2.45, 2.75) is 39.9 Å². The molecule has 4 rings (SSSR count). The number of amides is 1. The molecule has 174 valence electrons. The van der Waals surface area contributed by atoms with Crippen LogP contribution < -0.4 is 11.1 Å². The van der Waals surface area contributed by atoms with E-state index in [-0.39, 0.29) is 28.7 Å². The molecule has 9 heteroatoms. The van der Waals surface area contributed by atoms with Crippen molar-refractivity contribution in [2.75, 3.05) is 11.9 Å². The SMILES string of the molecule is CC(C)(C)[C@H](N)C(=O)N1CCn2c(nc(-c3ccc(F)cc3)c2Nc2ccc(Cl)c(F)c2)C1. The van der Waals surface area contributed by atoms with Crippen molar-refractivity contribution in [3.05, 3.63) is 64.9 Å². The molecule has 0 fully saturated rings. The van der Waals surface area contributed by atoms with Crippen LogP contribution in [0.4, 0.5) is 20.3 Å². The predicted molar refractivity (Wildman–Crippen MR) is 125 cm³/mol. The number of halogens is 3. The molecule has 0 aliphatic carbocycles. The minimum Gasteiger partial charge on any atom is -0.340 e. The van der Waals surface area contributed by atoms with Crippen LogP contribution in [0.2, 0.25) is 5.02 Å². The fourth-order valence-corrected chi connectivity index (χ4v) is 3.85. The zero-order valence-corrected chi connectivity index (χ0v) is 19.5. The van der Waals surface area contributed by atoms with Crippen molar-refractivity contribution in [1.29, 1.82) is 0 Å². The van der Waals surface area contributed by atoms with Crippen molar-refractivity contribution < 1.29 is 13.6 Å². The quantitative estimate of drug-likeness (QED) is 0.562. The van der Waals surface area contributed by atoms with Crippen LogP contribution >= 0.6 is 11.6 Å². The average molecular weight is 474 g/mol. The highest BCUT2D eigenvalue weighted by Gasteiger charge is 2.34. The van der Waals surface area contributed by atoms with Crippen LogP contribution in [-0.4, -0.2) is 32.9 Å². The Morgan fingerprint density at radius 1 is 1.15 bits per heavy atom. The smallest absolute Gasteiger partial charge is 0.240 e. The average Bonchev–Trinajstić information content (AvgIpc) is 3.12. The maximum absolute atomic E-state index is 14.0. The van der Waals surface area contributed by atoms with E-state index in [0.717, 1.165) is 0 Å². The molecule has 6 nitrogen and oxygen atoms in total. The first-order valence-electron chi connectivity index (χ1n) is 10.7. The van der Waals surface area contributed by atoms with E-state index in [9.17, 15) is 13.6 Å². The molecule has 0 unspecified atom stereocenters. The molecule has 2 aromatic carbocycles. The normalized spacial score (nSPS) is 14.7. The van der Waals surface area contributed by atoms with Crippen LogP contribution in [0.5, 0.6) is 0 Å². The largest absolute Gasteiger partial charge is 0.340 e. The molecule has 2 heterocycles. The van der Waals surface area contributed by atoms with Gasteiger partial charge in [0.1, 0.15) is 29.0 Å². The topological polar surface area (TPSA) is 76.2 Å². The summed E-state index contributed by atoms with van der Waals surface area (Å²) in [6.45, 7) is 7.01. The number of carbonyl (C=O) groups is 1.